The fourth-order valence-electron chi connectivity index (χ4n) is 2.34. The summed E-state index contributed by atoms with van der Waals surface area (Å²) in [6.07, 6.45) is 0.651. The Kier molecular flexibility index (Phi) is 4.57. The van der Waals surface area contributed by atoms with Gasteiger partial charge in [0.05, 0.1) is 5.92 Å². The number of carbonyl (C=O) groups is 1. The quantitative estimate of drug-likeness (QED) is 0.883. The number of primary amides is 1. The molecule has 0 aromatic heterocycles. The van der Waals surface area contributed by atoms with Crippen LogP contribution in [-0.2, 0) is 11.2 Å². The average Bonchev–Trinajstić information content (AvgIpc) is 2.46. The molecule has 0 aliphatic heterocycles. The molecule has 0 aliphatic carbocycles. The highest BCUT2D eigenvalue weighted by Crippen LogP contribution is 2.22. The topological polar surface area (TPSA) is 43.1 Å². The van der Waals surface area contributed by atoms with Crippen LogP contribution in [0.15, 0.2) is 54.6 Å². The maximum atomic E-state index is 11.7. The predicted octanol–water partition coefficient (Wildman–Crippen LogP) is 3.62. The van der Waals surface area contributed by atoms with Crippen LogP contribution in [0.25, 0.3) is 0 Å². The van der Waals surface area contributed by atoms with Crippen LogP contribution < -0.4 is 5.73 Å². The molecule has 0 radical (unpaired) electrons. The Hall–Kier alpha value is -2.09. The second kappa shape index (κ2) is 6.38. The van der Waals surface area contributed by atoms with Crippen LogP contribution >= 0.6 is 0 Å². The Balaban J connectivity index is 2.19. The highest BCUT2D eigenvalue weighted by Gasteiger charge is 2.18. The van der Waals surface area contributed by atoms with E-state index in [4.69, 9.17) is 5.73 Å². The van der Waals surface area contributed by atoms with Gasteiger partial charge in [-0.2, -0.15) is 0 Å². The molecule has 20 heavy (non-hydrogen) atoms. The van der Waals surface area contributed by atoms with Gasteiger partial charge in [-0.25, -0.2) is 0 Å². The van der Waals surface area contributed by atoms with Gasteiger partial charge in [0, 0.05) is 0 Å². The number of rotatable bonds is 5. The van der Waals surface area contributed by atoms with Gasteiger partial charge in [0.1, 0.15) is 0 Å². The Morgan fingerprint density at radius 3 is 2.05 bits per heavy atom. The highest BCUT2D eigenvalue weighted by atomic mass is 16.1. The second-order valence-electron chi connectivity index (χ2n) is 5.47. The van der Waals surface area contributed by atoms with Crippen molar-refractivity contribution in [2.75, 3.05) is 0 Å². The summed E-state index contributed by atoms with van der Waals surface area (Å²) >= 11 is 0. The lowest BCUT2D eigenvalue weighted by atomic mass is 9.90. The second-order valence-corrected chi connectivity index (χ2v) is 5.47. The van der Waals surface area contributed by atoms with Crippen LogP contribution in [0.1, 0.15) is 42.4 Å². The molecule has 0 bridgehead atoms. The van der Waals surface area contributed by atoms with Crippen LogP contribution in [0.2, 0.25) is 0 Å². The number of nitrogens with two attached hydrogens (primary N) is 1. The summed E-state index contributed by atoms with van der Waals surface area (Å²) in [5.74, 6) is -0.0182. The third-order valence-corrected chi connectivity index (χ3v) is 3.63. The summed E-state index contributed by atoms with van der Waals surface area (Å²) in [7, 11) is 0. The molecular weight excluding hydrogens is 246 g/mol. The summed E-state index contributed by atoms with van der Waals surface area (Å²) in [6, 6.07) is 18.2. The number of hydrogen-bond acceptors (Lipinski definition) is 1. The minimum atomic E-state index is -0.274. The summed E-state index contributed by atoms with van der Waals surface area (Å²) in [5.41, 5.74) is 8.99. The Morgan fingerprint density at radius 2 is 1.55 bits per heavy atom. The normalized spacial score (nSPS) is 12.3. The van der Waals surface area contributed by atoms with Crippen molar-refractivity contribution < 1.29 is 4.79 Å². The van der Waals surface area contributed by atoms with Gasteiger partial charge in [-0.05, 0) is 29.0 Å². The zero-order valence-electron chi connectivity index (χ0n) is 12.0. The summed E-state index contributed by atoms with van der Waals surface area (Å²) < 4.78 is 0. The minimum Gasteiger partial charge on any atom is -0.369 e. The molecule has 0 aliphatic rings. The first-order valence-corrected chi connectivity index (χ1v) is 7.01. The molecule has 0 saturated heterocycles. The largest absolute Gasteiger partial charge is 0.369 e. The van der Waals surface area contributed by atoms with Gasteiger partial charge in [-0.1, -0.05) is 68.4 Å². The van der Waals surface area contributed by atoms with Crippen LogP contribution in [0.4, 0.5) is 0 Å². The summed E-state index contributed by atoms with van der Waals surface area (Å²) in [6.45, 7) is 4.34. The van der Waals surface area contributed by atoms with E-state index in [1.54, 1.807) is 0 Å². The van der Waals surface area contributed by atoms with Gasteiger partial charge in [-0.15, -0.1) is 0 Å². The first kappa shape index (κ1) is 14.3. The molecule has 0 fully saturated rings. The van der Waals surface area contributed by atoms with Crippen molar-refractivity contribution in [3.63, 3.8) is 0 Å². The van der Waals surface area contributed by atoms with Crippen molar-refractivity contribution in [2.45, 2.75) is 32.1 Å². The Morgan fingerprint density at radius 1 is 0.950 bits per heavy atom. The van der Waals surface area contributed by atoms with E-state index < -0.39 is 0 Å². The first-order valence-electron chi connectivity index (χ1n) is 7.01. The van der Waals surface area contributed by atoms with E-state index in [9.17, 15) is 4.79 Å². The lowest BCUT2D eigenvalue weighted by Crippen LogP contribution is -2.23. The molecule has 1 amide bonds. The molecule has 0 heterocycles. The molecule has 2 aromatic rings. The van der Waals surface area contributed by atoms with E-state index in [1.165, 1.54) is 5.56 Å². The van der Waals surface area contributed by atoms with E-state index in [2.05, 4.69) is 38.1 Å². The lowest BCUT2D eigenvalue weighted by molar-refractivity contribution is -0.119. The molecule has 1 atom stereocenters. The van der Waals surface area contributed by atoms with E-state index in [0.29, 0.717) is 12.3 Å². The van der Waals surface area contributed by atoms with Gasteiger partial charge in [-0.3, -0.25) is 4.79 Å². The molecule has 2 heteroatoms. The molecule has 2 rings (SSSR count). The summed E-state index contributed by atoms with van der Waals surface area (Å²) in [4.78, 5) is 11.7. The number of amides is 1. The molecule has 2 nitrogen and oxygen atoms in total. The predicted molar refractivity (Wildman–Crippen MR) is 82.6 cm³/mol. The number of hydrogen-bond donors (Lipinski definition) is 1. The molecule has 2 aromatic carbocycles. The van der Waals surface area contributed by atoms with Gasteiger partial charge in [0.25, 0.3) is 0 Å². The molecule has 104 valence electrons. The smallest absolute Gasteiger partial charge is 0.225 e. The number of benzene rings is 2. The Labute approximate surface area is 120 Å². The Bertz CT molecular complexity index is 558. The van der Waals surface area contributed by atoms with Crippen molar-refractivity contribution in [1.29, 1.82) is 0 Å². The van der Waals surface area contributed by atoms with E-state index in [0.717, 1.165) is 11.1 Å². The zero-order valence-corrected chi connectivity index (χ0v) is 12.0. The zero-order chi connectivity index (χ0) is 14.5. The monoisotopic (exact) mass is 267 g/mol. The first-order chi connectivity index (χ1) is 9.58. The van der Waals surface area contributed by atoms with Crippen LogP contribution in [0, 0.1) is 0 Å². The molecule has 1 unspecified atom stereocenters. The molecule has 0 spiro atoms. The van der Waals surface area contributed by atoms with Crippen molar-refractivity contribution in [3.05, 3.63) is 71.3 Å². The van der Waals surface area contributed by atoms with Gasteiger partial charge >= 0.3 is 0 Å². The summed E-state index contributed by atoms with van der Waals surface area (Å²) in [5, 5.41) is 0. The molecule has 0 saturated carbocycles. The minimum absolute atomic E-state index is 0.263. The maximum absolute atomic E-state index is 11.7. The van der Waals surface area contributed by atoms with Crippen molar-refractivity contribution >= 4 is 5.91 Å². The molecular formula is C18H21NO. The lowest BCUT2D eigenvalue weighted by Gasteiger charge is -2.14. The fourth-order valence-corrected chi connectivity index (χ4v) is 2.34. The van der Waals surface area contributed by atoms with E-state index in [1.807, 2.05) is 30.3 Å². The fraction of sp³-hybridized carbons (Fsp3) is 0.278. The van der Waals surface area contributed by atoms with Gasteiger partial charge in [0.2, 0.25) is 5.91 Å². The highest BCUT2D eigenvalue weighted by molar-refractivity contribution is 5.82. The van der Waals surface area contributed by atoms with Crippen molar-refractivity contribution in [3.8, 4) is 0 Å². The van der Waals surface area contributed by atoms with Crippen LogP contribution in [0.5, 0.6) is 0 Å². The van der Waals surface area contributed by atoms with Gasteiger partial charge in [0.15, 0.2) is 0 Å². The number of carbonyl (C=O) groups excluding carboxylic acids is 1. The van der Waals surface area contributed by atoms with E-state index >= 15 is 0 Å². The standard InChI is InChI=1S/C18H21NO/c1-13(2)15-10-8-14(9-11-15)12-17(18(19)20)16-6-4-3-5-7-16/h3-11,13,17H,12H2,1-2H3,(H2,19,20). The van der Waals surface area contributed by atoms with E-state index in [-0.39, 0.29) is 11.8 Å². The third kappa shape index (κ3) is 3.47. The van der Waals surface area contributed by atoms with Crippen LogP contribution in [-0.4, -0.2) is 5.91 Å². The SMILES string of the molecule is CC(C)c1ccc(CC(C(N)=O)c2ccccc2)cc1. The third-order valence-electron chi connectivity index (χ3n) is 3.63. The van der Waals surface area contributed by atoms with Gasteiger partial charge < -0.3 is 5.73 Å². The molecule has 2 N–H and O–H groups in total. The van der Waals surface area contributed by atoms with Crippen molar-refractivity contribution in [1.82, 2.24) is 0 Å². The average molecular weight is 267 g/mol. The van der Waals surface area contributed by atoms with Crippen LogP contribution in [0.3, 0.4) is 0 Å². The maximum Gasteiger partial charge on any atom is 0.225 e. The van der Waals surface area contributed by atoms with Crippen molar-refractivity contribution in [2.24, 2.45) is 5.73 Å².